The SMILES string of the molecule is Fc1cccc(OCC2(CS)CC2)c1F. The third-order valence-corrected chi connectivity index (χ3v) is 3.41. The van der Waals surface area contributed by atoms with E-state index in [1.165, 1.54) is 12.1 Å². The van der Waals surface area contributed by atoms with E-state index in [0.717, 1.165) is 24.7 Å². The molecule has 0 saturated heterocycles. The van der Waals surface area contributed by atoms with Crippen LogP contribution in [0.5, 0.6) is 5.75 Å². The third-order valence-electron chi connectivity index (χ3n) is 2.74. The molecule has 0 aromatic heterocycles. The Morgan fingerprint density at radius 2 is 2.07 bits per heavy atom. The van der Waals surface area contributed by atoms with Gasteiger partial charge in [-0.3, -0.25) is 0 Å². The summed E-state index contributed by atoms with van der Waals surface area (Å²) in [4.78, 5) is 0. The van der Waals surface area contributed by atoms with Crippen molar-refractivity contribution in [2.75, 3.05) is 12.4 Å². The largest absolute Gasteiger partial charge is 0.490 e. The molecule has 1 saturated carbocycles. The minimum absolute atomic E-state index is 0.0111. The van der Waals surface area contributed by atoms with Crippen molar-refractivity contribution in [1.82, 2.24) is 0 Å². The average Bonchev–Trinajstić information content (AvgIpc) is 3.01. The molecule has 1 aromatic rings. The summed E-state index contributed by atoms with van der Waals surface area (Å²) in [6, 6.07) is 3.95. The molecule has 1 aliphatic rings. The summed E-state index contributed by atoms with van der Waals surface area (Å²) in [5, 5.41) is 0. The van der Waals surface area contributed by atoms with Crippen molar-refractivity contribution in [3.63, 3.8) is 0 Å². The summed E-state index contributed by atoms with van der Waals surface area (Å²) in [5.41, 5.74) is 0.0852. The monoisotopic (exact) mass is 230 g/mol. The van der Waals surface area contributed by atoms with Crippen LogP contribution in [0, 0.1) is 17.0 Å². The van der Waals surface area contributed by atoms with Gasteiger partial charge in [0.25, 0.3) is 0 Å². The smallest absolute Gasteiger partial charge is 0.200 e. The normalized spacial score (nSPS) is 17.5. The molecule has 0 atom stereocenters. The molecular formula is C11H12F2OS. The fourth-order valence-corrected chi connectivity index (χ4v) is 1.76. The molecular weight excluding hydrogens is 218 g/mol. The highest BCUT2D eigenvalue weighted by molar-refractivity contribution is 7.80. The van der Waals surface area contributed by atoms with E-state index < -0.39 is 11.6 Å². The van der Waals surface area contributed by atoms with E-state index in [0.29, 0.717) is 6.61 Å². The quantitative estimate of drug-likeness (QED) is 0.782. The Kier molecular flexibility index (Phi) is 2.87. The van der Waals surface area contributed by atoms with E-state index in [4.69, 9.17) is 4.74 Å². The van der Waals surface area contributed by atoms with E-state index in [-0.39, 0.29) is 11.2 Å². The van der Waals surface area contributed by atoms with Gasteiger partial charge in [0.15, 0.2) is 11.6 Å². The van der Waals surface area contributed by atoms with Crippen molar-refractivity contribution < 1.29 is 13.5 Å². The van der Waals surface area contributed by atoms with Crippen LogP contribution in [0.1, 0.15) is 12.8 Å². The molecule has 82 valence electrons. The maximum Gasteiger partial charge on any atom is 0.200 e. The molecule has 0 spiro atoms. The lowest BCUT2D eigenvalue weighted by Crippen LogP contribution is -2.15. The Balaban J connectivity index is 2.02. The lowest BCUT2D eigenvalue weighted by molar-refractivity contribution is 0.237. The van der Waals surface area contributed by atoms with Crippen LogP contribution in [0.3, 0.4) is 0 Å². The molecule has 0 aliphatic heterocycles. The molecule has 1 aliphatic carbocycles. The Bertz CT molecular complexity index is 364. The van der Waals surface area contributed by atoms with Gasteiger partial charge in [-0.15, -0.1) is 0 Å². The second-order valence-corrected chi connectivity index (χ2v) is 4.31. The van der Waals surface area contributed by atoms with Gasteiger partial charge in [0, 0.05) is 5.41 Å². The van der Waals surface area contributed by atoms with Crippen molar-refractivity contribution >= 4 is 12.6 Å². The summed E-state index contributed by atoms with van der Waals surface area (Å²) < 4.78 is 31.3. The first kappa shape index (κ1) is 10.7. The molecule has 15 heavy (non-hydrogen) atoms. The van der Waals surface area contributed by atoms with Gasteiger partial charge >= 0.3 is 0 Å². The van der Waals surface area contributed by atoms with Gasteiger partial charge in [0.1, 0.15) is 0 Å². The first-order valence-electron chi connectivity index (χ1n) is 4.85. The number of ether oxygens (including phenoxy) is 1. The van der Waals surface area contributed by atoms with Gasteiger partial charge in [0.05, 0.1) is 6.61 Å². The standard InChI is InChI=1S/C11H12F2OS/c12-8-2-1-3-9(10(8)13)14-6-11(7-15)4-5-11/h1-3,15H,4-7H2. The highest BCUT2D eigenvalue weighted by atomic mass is 32.1. The topological polar surface area (TPSA) is 9.23 Å². The summed E-state index contributed by atoms with van der Waals surface area (Å²) in [7, 11) is 0. The summed E-state index contributed by atoms with van der Waals surface area (Å²) in [6.07, 6.45) is 2.10. The molecule has 0 radical (unpaired) electrons. The zero-order valence-corrected chi connectivity index (χ0v) is 9.07. The van der Waals surface area contributed by atoms with Gasteiger partial charge in [-0.1, -0.05) is 6.07 Å². The van der Waals surface area contributed by atoms with E-state index in [1.807, 2.05) is 0 Å². The second-order valence-electron chi connectivity index (χ2n) is 4.00. The van der Waals surface area contributed by atoms with Gasteiger partial charge in [-0.05, 0) is 30.7 Å². The fourth-order valence-electron chi connectivity index (χ4n) is 1.35. The maximum absolute atomic E-state index is 13.2. The number of rotatable bonds is 4. The van der Waals surface area contributed by atoms with Crippen LogP contribution in [-0.4, -0.2) is 12.4 Å². The van der Waals surface area contributed by atoms with Crippen LogP contribution in [0.15, 0.2) is 18.2 Å². The van der Waals surface area contributed by atoms with Crippen LogP contribution in [-0.2, 0) is 0 Å². The lowest BCUT2D eigenvalue weighted by atomic mass is 10.2. The average molecular weight is 230 g/mol. The minimum Gasteiger partial charge on any atom is -0.490 e. The maximum atomic E-state index is 13.2. The molecule has 1 fully saturated rings. The van der Waals surface area contributed by atoms with Gasteiger partial charge in [-0.2, -0.15) is 17.0 Å². The molecule has 0 amide bonds. The highest BCUT2D eigenvalue weighted by Gasteiger charge is 2.42. The number of hydrogen-bond acceptors (Lipinski definition) is 2. The highest BCUT2D eigenvalue weighted by Crippen LogP contribution is 2.46. The summed E-state index contributed by atoms with van der Waals surface area (Å²) in [6.45, 7) is 0.414. The Morgan fingerprint density at radius 3 is 2.67 bits per heavy atom. The molecule has 0 N–H and O–H groups in total. The van der Waals surface area contributed by atoms with Gasteiger partial charge in [-0.25, -0.2) is 4.39 Å². The number of hydrogen-bond donors (Lipinski definition) is 1. The molecule has 1 aromatic carbocycles. The second kappa shape index (κ2) is 4.00. The lowest BCUT2D eigenvalue weighted by Gasteiger charge is -2.13. The number of halogens is 2. The summed E-state index contributed by atoms with van der Waals surface area (Å²) in [5.74, 6) is -1.07. The minimum atomic E-state index is -0.910. The Morgan fingerprint density at radius 1 is 1.33 bits per heavy atom. The van der Waals surface area contributed by atoms with Crippen molar-refractivity contribution in [3.8, 4) is 5.75 Å². The van der Waals surface area contributed by atoms with E-state index >= 15 is 0 Å². The van der Waals surface area contributed by atoms with Crippen LogP contribution >= 0.6 is 12.6 Å². The number of thiol groups is 1. The number of benzene rings is 1. The predicted molar refractivity (Wildman–Crippen MR) is 57.4 cm³/mol. The first-order chi connectivity index (χ1) is 7.17. The van der Waals surface area contributed by atoms with Crippen LogP contribution in [0.2, 0.25) is 0 Å². The Hall–Kier alpha value is -0.770. The van der Waals surface area contributed by atoms with Crippen molar-refractivity contribution in [2.45, 2.75) is 12.8 Å². The van der Waals surface area contributed by atoms with Crippen molar-refractivity contribution in [3.05, 3.63) is 29.8 Å². The molecule has 1 nitrogen and oxygen atoms in total. The van der Waals surface area contributed by atoms with E-state index in [2.05, 4.69) is 12.6 Å². The molecule has 0 bridgehead atoms. The molecule has 0 unspecified atom stereocenters. The first-order valence-corrected chi connectivity index (χ1v) is 5.48. The molecule has 2 rings (SSSR count). The fraction of sp³-hybridized carbons (Fsp3) is 0.455. The van der Waals surface area contributed by atoms with Gasteiger partial charge < -0.3 is 4.74 Å². The van der Waals surface area contributed by atoms with E-state index in [9.17, 15) is 8.78 Å². The zero-order chi connectivity index (χ0) is 10.9. The van der Waals surface area contributed by atoms with Crippen LogP contribution in [0.4, 0.5) is 8.78 Å². The van der Waals surface area contributed by atoms with Gasteiger partial charge in [0.2, 0.25) is 5.82 Å². The molecule has 0 heterocycles. The van der Waals surface area contributed by atoms with E-state index in [1.54, 1.807) is 0 Å². The zero-order valence-electron chi connectivity index (χ0n) is 8.17. The summed E-state index contributed by atoms with van der Waals surface area (Å²) >= 11 is 4.21. The van der Waals surface area contributed by atoms with Crippen molar-refractivity contribution in [2.24, 2.45) is 5.41 Å². The predicted octanol–water partition coefficient (Wildman–Crippen LogP) is 3.05. The van der Waals surface area contributed by atoms with Crippen LogP contribution < -0.4 is 4.74 Å². The molecule has 4 heteroatoms. The van der Waals surface area contributed by atoms with Crippen molar-refractivity contribution in [1.29, 1.82) is 0 Å². The third kappa shape index (κ3) is 2.25. The Labute approximate surface area is 92.8 Å². The van der Waals surface area contributed by atoms with Crippen LogP contribution in [0.25, 0.3) is 0 Å².